The number of nitrogens with zero attached hydrogens (tertiary/aromatic N) is 2. The van der Waals surface area contributed by atoms with Gasteiger partial charge in [-0.25, -0.2) is 4.98 Å². The maximum atomic E-state index is 12.4. The third-order valence-electron chi connectivity index (χ3n) is 3.39. The fourth-order valence-electron chi connectivity index (χ4n) is 2.55. The van der Waals surface area contributed by atoms with E-state index in [1.807, 2.05) is 4.90 Å². The van der Waals surface area contributed by atoms with Gasteiger partial charge >= 0.3 is 0 Å². The van der Waals surface area contributed by atoms with Gasteiger partial charge in [0.05, 0.1) is 6.04 Å². The molecule has 0 aliphatic carbocycles. The summed E-state index contributed by atoms with van der Waals surface area (Å²) < 4.78 is 4.89. The summed E-state index contributed by atoms with van der Waals surface area (Å²) in [4.78, 5) is 19.6. The van der Waals surface area contributed by atoms with E-state index < -0.39 is 0 Å². The first-order valence-corrected chi connectivity index (χ1v) is 6.94. The summed E-state index contributed by atoms with van der Waals surface area (Å²) >= 11 is 1.78. The van der Waals surface area contributed by atoms with Crippen LogP contribution in [-0.4, -0.2) is 22.3 Å². The number of carbonyl (C=O) groups excluding carboxylic acids is 1. The van der Waals surface area contributed by atoms with Crippen molar-refractivity contribution in [3.8, 4) is 0 Å². The summed E-state index contributed by atoms with van der Waals surface area (Å²) in [5.74, 6) is -0.0348. The second-order valence-corrected chi connectivity index (χ2v) is 5.35. The van der Waals surface area contributed by atoms with Crippen molar-refractivity contribution in [2.45, 2.75) is 25.8 Å². The van der Waals surface area contributed by atoms with E-state index in [0.717, 1.165) is 19.4 Å². The first-order valence-electron chi connectivity index (χ1n) is 6.06. The van der Waals surface area contributed by atoms with Crippen molar-refractivity contribution in [3.63, 3.8) is 0 Å². The largest absolute Gasteiger partial charge is 0.451 e. The molecule has 3 heterocycles. The van der Waals surface area contributed by atoms with Crippen LogP contribution < -0.4 is 0 Å². The van der Waals surface area contributed by atoms with E-state index in [1.54, 1.807) is 11.3 Å². The molecule has 2 aromatic heterocycles. The summed E-state index contributed by atoms with van der Waals surface area (Å²) in [6.07, 6.45) is 4.58. The lowest BCUT2D eigenvalue weighted by molar-refractivity contribution is 0.0651. The van der Waals surface area contributed by atoms with Gasteiger partial charge in [0.15, 0.2) is 12.1 Å². The van der Waals surface area contributed by atoms with Gasteiger partial charge in [0, 0.05) is 11.4 Å². The lowest BCUT2D eigenvalue weighted by Gasteiger charge is -2.34. The third kappa shape index (κ3) is 1.75. The molecule has 94 valence electrons. The lowest BCUT2D eigenvalue weighted by Crippen LogP contribution is -2.39. The Balaban J connectivity index is 1.92. The average molecular weight is 262 g/mol. The normalized spacial score (nSPS) is 18.7. The second kappa shape index (κ2) is 4.57. The van der Waals surface area contributed by atoms with Gasteiger partial charge < -0.3 is 9.32 Å². The molecular weight excluding hydrogens is 248 g/mol. The summed E-state index contributed by atoms with van der Waals surface area (Å²) in [6.45, 7) is 2.87. The molecule has 1 amide bonds. The minimum absolute atomic E-state index is 0.0348. The highest BCUT2D eigenvalue weighted by Gasteiger charge is 2.31. The van der Waals surface area contributed by atoms with Crippen LogP contribution in [0.3, 0.4) is 0 Å². The molecule has 0 aromatic carbocycles. The number of rotatable bonds is 2. The first kappa shape index (κ1) is 11.5. The van der Waals surface area contributed by atoms with Crippen LogP contribution >= 0.6 is 11.3 Å². The van der Waals surface area contributed by atoms with Crippen LogP contribution in [0.15, 0.2) is 28.5 Å². The van der Waals surface area contributed by atoms with E-state index in [-0.39, 0.29) is 11.9 Å². The number of thiophene rings is 1. The number of carbonyl (C=O) groups is 1. The molecule has 0 bridgehead atoms. The Bertz CT molecular complexity index is 547. The molecule has 0 N–H and O–H groups in total. The van der Waals surface area contributed by atoms with Crippen LogP contribution in [0.5, 0.6) is 0 Å². The van der Waals surface area contributed by atoms with E-state index in [9.17, 15) is 4.79 Å². The zero-order valence-corrected chi connectivity index (χ0v) is 10.9. The van der Waals surface area contributed by atoms with Crippen molar-refractivity contribution in [1.82, 2.24) is 9.88 Å². The Labute approximate surface area is 109 Å². The molecule has 2 aromatic rings. The molecular formula is C13H14N2O2S. The number of fused-ring (bicyclic) bond motifs is 1. The first-order chi connectivity index (χ1) is 8.81. The standard InChI is InChI=1S/C13H14N2O2S/c1-2-11-9-4-6-18-12(9)3-5-15(11)13(16)10-7-17-8-14-10/h4,6-8,11H,2-3,5H2,1H3. The highest BCUT2D eigenvalue weighted by atomic mass is 32.1. The predicted octanol–water partition coefficient (Wildman–Crippen LogP) is 2.89. The minimum Gasteiger partial charge on any atom is -0.451 e. The zero-order chi connectivity index (χ0) is 12.5. The average Bonchev–Trinajstić information content (AvgIpc) is 3.06. The van der Waals surface area contributed by atoms with Gasteiger partial charge in [-0.1, -0.05) is 6.92 Å². The zero-order valence-electron chi connectivity index (χ0n) is 10.1. The van der Waals surface area contributed by atoms with Crippen molar-refractivity contribution < 1.29 is 9.21 Å². The molecule has 4 nitrogen and oxygen atoms in total. The number of amides is 1. The van der Waals surface area contributed by atoms with Gasteiger partial charge in [0.25, 0.3) is 5.91 Å². The molecule has 1 aliphatic heterocycles. The molecule has 0 spiro atoms. The van der Waals surface area contributed by atoms with Gasteiger partial charge in [-0.3, -0.25) is 4.79 Å². The monoisotopic (exact) mass is 262 g/mol. The molecule has 1 atom stereocenters. The Morgan fingerprint density at radius 1 is 1.67 bits per heavy atom. The van der Waals surface area contributed by atoms with Crippen LogP contribution in [0.2, 0.25) is 0 Å². The smallest absolute Gasteiger partial charge is 0.276 e. The Morgan fingerprint density at radius 3 is 3.28 bits per heavy atom. The molecule has 1 unspecified atom stereocenters. The summed E-state index contributed by atoms with van der Waals surface area (Å²) in [6, 6.07) is 2.31. The highest BCUT2D eigenvalue weighted by Crippen LogP contribution is 2.35. The second-order valence-electron chi connectivity index (χ2n) is 4.35. The van der Waals surface area contributed by atoms with Crippen LogP contribution in [0, 0.1) is 0 Å². The molecule has 0 saturated carbocycles. The number of oxazole rings is 1. The number of hydrogen-bond donors (Lipinski definition) is 0. The SMILES string of the molecule is CCC1c2ccsc2CCN1C(=O)c1cocn1. The fourth-order valence-corrected chi connectivity index (χ4v) is 3.47. The molecule has 1 aliphatic rings. The van der Waals surface area contributed by atoms with E-state index >= 15 is 0 Å². The van der Waals surface area contributed by atoms with Crippen molar-refractivity contribution in [2.24, 2.45) is 0 Å². The van der Waals surface area contributed by atoms with Crippen LogP contribution in [0.1, 0.15) is 40.3 Å². The third-order valence-corrected chi connectivity index (χ3v) is 4.39. The molecule has 5 heteroatoms. The predicted molar refractivity (Wildman–Crippen MR) is 68.6 cm³/mol. The number of hydrogen-bond acceptors (Lipinski definition) is 4. The van der Waals surface area contributed by atoms with E-state index in [2.05, 4.69) is 23.4 Å². The van der Waals surface area contributed by atoms with Crippen molar-refractivity contribution in [3.05, 3.63) is 40.2 Å². The maximum absolute atomic E-state index is 12.4. The lowest BCUT2D eigenvalue weighted by atomic mass is 9.97. The summed E-state index contributed by atoms with van der Waals surface area (Å²) in [7, 11) is 0. The van der Waals surface area contributed by atoms with Gasteiger partial charge in [-0.2, -0.15) is 0 Å². The number of aromatic nitrogens is 1. The summed E-state index contributed by atoms with van der Waals surface area (Å²) in [5.41, 5.74) is 1.69. The van der Waals surface area contributed by atoms with E-state index in [0.29, 0.717) is 5.69 Å². The van der Waals surface area contributed by atoms with Crippen LogP contribution in [0.4, 0.5) is 0 Å². The van der Waals surface area contributed by atoms with Gasteiger partial charge in [-0.15, -0.1) is 11.3 Å². The Morgan fingerprint density at radius 2 is 2.56 bits per heavy atom. The van der Waals surface area contributed by atoms with Gasteiger partial charge in [0.1, 0.15) is 6.26 Å². The van der Waals surface area contributed by atoms with E-state index in [1.165, 1.54) is 23.1 Å². The maximum Gasteiger partial charge on any atom is 0.276 e. The van der Waals surface area contributed by atoms with Crippen molar-refractivity contribution >= 4 is 17.2 Å². The molecule has 0 fully saturated rings. The topological polar surface area (TPSA) is 46.3 Å². The minimum atomic E-state index is -0.0348. The summed E-state index contributed by atoms with van der Waals surface area (Å²) in [5, 5.41) is 2.11. The molecule has 0 radical (unpaired) electrons. The Kier molecular flexibility index (Phi) is 2.91. The molecule has 18 heavy (non-hydrogen) atoms. The van der Waals surface area contributed by atoms with Crippen LogP contribution in [-0.2, 0) is 6.42 Å². The van der Waals surface area contributed by atoms with Crippen molar-refractivity contribution in [1.29, 1.82) is 0 Å². The van der Waals surface area contributed by atoms with E-state index in [4.69, 9.17) is 4.42 Å². The molecule has 0 saturated heterocycles. The van der Waals surface area contributed by atoms with Crippen LogP contribution in [0.25, 0.3) is 0 Å². The highest BCUT2D eigenvalue weighted by molar-refractivity contribution is 7.10. The quantitative estimate of drug-likeness (QED) is 0.836. The van der Waals surface area contributed by atoms with Crippen molar-refractivity contribution in [2.75, 3.05) is 6.54 Å². The van der Waals surface area contributed by atoms with Gasteiger partial charge in [-0.05, 0) is 29.9 Å². The van der Waals surface area contributed by atoms with Gasteiger partial charge in [0.2, 0.25) is 0 Å². The fraction of sp³-hybridized carbons (Fsp3) is 0.385. The molecule has 3 rings (SSSR count). The Hall–Kier alpha value is -1.62.